The predicted octanol–water partition coefficient (Wildman–Crippen LogP) is 4.29. The number of carbonyl (C=O) groups is 1. The van der Waals surface area contributed by atoms with Crippen LogP contribution in [0.2, 0.25) is 5.02 Å². The lowest BCUT2D eigenvalue weighted by Gasteiger charge is -2.33. The zero-order valence-electron chi connectivity index (χ0n) is 19.1. The third-order valence-corrected chi connectivity index (χ3v) is 6.61. The molecule has 1 N–H and O–H groups in total. The average molecular weight is 465 g/mol. The standard InChI is InChI=1S/C26H29ClN4O2/c1-3-19-7-9-20(10-8-19)16-28-26(33)21-5-4-14-30(17-21)24-12-13-25(32)31(29-24)22-11-6-18(2)23(27)15-22/h6-13,15,21H,3-5,14,16-17H2,1-2H3,(H,28,33). The van der Waals surface area contributed by atoms with Crippen LogP contribution < -0.4 is 15.8 Å². The molecule has 1 unspecified atom stereocenters. The van der Waals surface area contributed by atoms with Gasteiger partial charge >= 0.3 is 0 Å². The van der Waals surface area contributed by atoms with Gasteiger partial charge in [0.1, 0.15) is 5.82 Å². The van der Waals surface area contributed by atoms with E-state index in [1.54, 1.807) is 12.1 Å². The van der Waals surface area contributed by atoms with E-state index in [9.17, 15) is 9.59 Å². The van der Waals surface area contributed by atoms with Crippen LogP contribution in [0.5, 0.6) is 0 Å². The predicted molar refractivity (Wildman–Crippen MR) is 132 cm³/mol. The maximum absolute atomic E-state index is 12.9. The van der Waals surface area contributed by atoms with E-state index in [-0.39, 0.29) is 17.4 Å². The molecule has 0 bridgehead atoms. The second-order valence-electron chi connectivity index (χ2n) is 8.55. The van der Waals surface area contributed by atoms with Crippen LogP contribution >= 0.6 is 11.6 Å². The van der Waals surface area contributed by atoms with Crippen molar-refractivity contribution in [2.24, 2.45) is 5.92 Å². The number of anilines is 1. The van der Waals surface area contributed by atoms with Gasteiger partial charge in [0.15, 0.2) is 0 Å². The molecule has 1 amide bonds. The molecule has 172 valence electrons. The number of nitrogens with one attached hydrogen (secondary N) is 1. The van der Waals surface area contributed by atoms with Crippen LogP contribution in [0.15, 0.2) is 59.4 Å². The molecule has 1 aromatic heterocycles. The molecule has 1 aliphatic rings. The largest absolute Gasteiger partial charge is 0.354 e. The zero-order chi connectivity index (χ0) is 23.4. The second-order valence-corrected chi connectivity index (χ2v) is 8.96. The number of aryl methyl sites for hydroxylation is 2. The maximum atomic E-state index is 12.9. The molecule has 2 aromatic carbocycles. The van der Waals surface area contributed by atoms with Crippen molar-refractivity contribution in [3.63, 3.8) is 0 Å². The minimum absolute atomic E-state index is 0.0536. The molecule has 0 radical (unpaired) electrons. The van der Waals surface area contributed by atoms with Crippen LogP contribution in [-0.2, 0) is 17.8 Å². The van der Waals surface area contributed by atoms with Crippen LogP contribution in [0.3, 0.4) is 0 Å². The molecule has 7 heteroatoms. The van der Waals surface area contributed by atoms with Gasteiger partial charge in [0.25, 0.3) is 5.56 Å². The Morgan fingerprint density at radius 3 is 2.61 bits per heavy atom. The van der Waals surface area contributed by atoms with Gasteiger partial charge in [-0.05, 0) is 61.1 Å². The minimum Gasteiger partial charge on any atom is -0.354 e. The highest BCUT2D eigenvalue weighted by atomic mass is 35.5. The van der Waals surface area contributed by atoms with Gasteiger partial charge in [0.05, 0.1) is 11.6 Å². The normalized spacial score (nSPS) is 16.0. The Balaban J connectivity index is 1.44. The summed E-state index contributed by atoms with van der Waals surface area (Å²) >= 11 is 6.25. The lowest BCUT2D eigenvalue weighted by Crippen LogP contribution is -2.43. The van der Waals surface area contributed by atoms with Crippen LogP contribution in [-0.4, -0.2) is 28.8 Å². The number of hydrogen-bond donors (Lipinski definition) is 1. The number of carbonyl (C=O) groups excluding carboxylic acids is 1. The Hall–Kier alpha value is -3.12. The van der Waals surface area contributed by atoms with Crippen molar-refractivity contribution in [1.29, 1.82) is 0 Å². The molecule has 33 heavy (non-hydrogen) atoms. The van der Waals surface area contributed by atoms with E-state index in [1.165, 1.54) is 16.3 Å². The van der Waals surface area contributed by atoms with E-state index < -0.39 is 0 Å². The molecule has 1 saturated heterocycles. The fourth-order valence-electron chi connectivity index (χ4n) is 4.09. The molecule has 0 spiro atoms. The molecule has 1 aliphatic heterocycles. The van der Waals surface area contributed by atoms with Gasteiger partial charge in [-0.2, -0.15) is 4.68 Å². The van der Waals surface area contributed by atoms with Gasteiger partial charge in [0, 0.05) is 30.7 Å². The fourth-order valence-corrected chi connectivity index (χ4v) is 4.27. The molecule has 4 rings (SSSR count). The van der Waals surface area contributed by atoms with Crippen molar-refractivity contribution in [1.82, 2.24) is 15.1 Å². The molecule has 1 fully saturated rings. The Morgan fingerprint density at radius 2 is 1.88 bits per heavy atom. The summed E-state index contributed by atoms with van der Waals surface area (Å²) in [6.45, 7) is 5.93. The van der Waals surface area contributed by atoms with Crippen LogP contribution in [0.1, 0.15) is 36.5 Å². The summed E-state index contributed by atoms with van der Waals surface area (Å²) in [6.07, 6.45) is 2.73. The summed E-state index contributed by atoms with van der Waals surface area (Å²) in [4.78, 5) is 27.4. The average Bonchev–Trinajstić information content (AvgIpc) is 2.85. The first-order chi connectivity index (χ1) is 15.9. The quantitative estimate of drug-likeness (QED) is 0.591. The van der Waals surface area contributed by atoms with E-state index in [1.807, 2.05) is 19.1 Å². The highest BCUT2D eigenvalue weighted by Crippen LogP contribution is 2.23. The van der Waals surface area contributed by atoms with E-state index >= 15 is 0 Å². The monoisotopic (exact) mass is 464 g/mol. The number of nitrogens with zero attached hydrogens (tertiary/aromatic N) is 3. The first-order valence-corrected chi connectivity index (χ1v) is 11.8. The molecule has 0 saturated carbocycles. The Morgan fingerprint density at radius 1 is 1.12 bits per heavy atom. The summed E-state index contributed by atoms with van der Waals surface area (Å²) in [5.41, 5.74) is 3.72. The summed E-state index contributed by atoms with van der Waals surface area (Å²) in [6, 6.07) is 17.0. The lowest BCUT2D eigenvalue weighted by atomic mass is 9.97. The molecule has 1 atom stereocenters. The first-order valence-electron chi connectivity index (χ1n) is 11.4. The fraction of sp³-hybridized carbons (Fsp3) is 0.346. The molecular formula is C26H29ClN4O2. The van der Waals surface area contributed by atoms with Gasteiger partial charge < -0.3 is 10.2 Å². The summed E-state index contributed by atoms with van der Waals surface area (Å²) < 4.78 is 1.37. The first kappa shape index (κ1) is 23.1. The molecular weight excluding hydrogens is 436 g/mol. The highest BCUT2D eigenvalue weighted by molar-refractivity contribution is 6.31. The Kier molecular flexibility index (Phi) is 7.14. The van der Waals surface area contributed by atoms with Gasteiger partial charge in [-0.25, -0.2) is 0 Å². The number of halogens is 1. The molecule has 3 aromatic rings. The van der Waals surface area contributed by atoms with Crippen LogP contribution in [0, 0.1) is 12.8 Å². The number of hydrogen-bond acceptors (Lipinski definition) is 4. The third kappa shape index (κ3) is 5.45. The zero-order valence-corrected chi connectivity index (χ0v) is 19.8. The van der Waals surface area contributed by atoms with Gasteiger partial charge in [-0.1, -0.05) is 48.9 Å². The minimum atomic E-state index is -0.223. The number of amides is 1. The topological polar surface area (TPSA) is 67.2 Å². The molecule has 0 aliphatic carbocycles. The van der Waals surface area contributed by atoms with Crippen molar-refractivity contribution < 1.29 is 4.79 Å². The summed E-state index contributed by atoms with van der Waals surface area (Å²) in [5, 5.41) is 8.25. The third-order valence-electron chi connectivity index (χ3n) is 6.20. The number of benzene rings is 2. The summed E-state index contributed by atoms with van der Waals surface area (Å²) in [7, 11) is 0. The molecule has 6 nitrogen and oxygen atoms in total. The van der Waals surface area contributed by atoms with Crippen molar-refractivity contribution in [3.05, 3.63) is 86.7 Å². The van der Waals surface area contributed by atoms with Crippen molar-refractivity contribution in [2.75, 3.05) is 18.0 Å². The van der Waals surface area contributed by atoms with E-state index in [4.69, 9.17) is 11.6 Å². The van der Waals surface area contributed by atoms with Crippen LogP contribution in [0.4, 0.5) is 5.82 Å². The SMILES string of the molecule is CCc1ccc(CNC(=O)C2CCCN(c3ccc(=O)n(-c4ccc(C)c(Cl)c4)n3)C2)cc1. The van der Waals surface area contributed by atoms with Crippen molar-refractivity contribution >= 4 is 23.3 Å². The van der Waals surface area contributed by atoms with Crippen LogP contribution in [0.25, 0.3) is 5.69 Å². The van der Waals surface area contributed by atoms with E-state index in [0.29, 0.717) is 29.6 Å². The number of rotatable bonds is 6. The molecule has 2 heterocycles. The van der Waals surface area contributed by atoms with Gasteiger partial charge in [-0.3, -0.25) is 9.59 Å². The highest BCUT2D eigenvalue weighted by Gasteiger charge is 2.27. The Bertz CT molecular complexity index is 1190. The van der Waals surface area contributed by atoms with E-state index in [0.717, 1.165) is 36.9 Å². The number of aromatic nitrogens is 2. The van der Waals surface area contributed by atoms with Crippen molar-refractivity contribution in [3.8, 4) is 5.69 Å². The summed E-state index contributed by atoms with van der Waals surface area (Å²) in [5.74, 6) is 0.613. The number of piperidine rings is 1. The maximum Gasteiger partial charge on any atom is 0.271 e. The smallest absolute Gasteiger partial charge is 0.271 e. The van der Waals surface area contributed by atoms with Gasteiger partial charge in [0.2, 0.25) is 5.91 Å². The van der Waals surface area contributed by atoms with Gasteiger partial charge in [-0.15, -0.1) is 5.10 Å². The van der Waals surface area contributed by atoms with E-state index in [2.05, 4.69) is 46.5 Å². The lowest BCUT2D eigenvalue weighted by molar-refractivity contribution is -0.125. The van der Waals surface area contributed by atoms with Crippen molar-refractivity contribution in [2.45, 2.75) is 39.7 Å². The Labute approximate surface area is 199 Å². The second kappa shape index (κ2) is 10.2.